The first-order valence-corrected chi connectivity index (χ1v) is 9.05. The minimum atomic E-state index is -3.53. The van der Waals surface area contributed by atoms with Gasteiger partial charge >= 0.3 is 0 Å². The number of carbonyl (C=O) groups is 2. The van der Waals surface area contributed by atoms with E-state index in [1.807, 2.05) is 0 Å². The maximum absolute atomic E-state index is 11.9. The van der Waals surface area contributed by atoms with Gasteiger partial charge in [-0.1, -0.05) is 11.6 Å². The first-order valence-electron chi connectivity index (χ1n) is 7.19. The van der Waals surface area contributed by atoms with Crippen LogP contribution >= 0.6 is 11.6 Å². The molecule has 132 valence electrons. The summed E-state index contributed by atoms with van der Waals surface area (Å²) < 4.78 is 25.4. The van der Waals surface area contributed by atoms with Crippen LogP contribution in [0.25, 0.3) is 0 Å². The summed E-state index contributed by atoms with van der Waals surface area (Å²) in [5.74, 6) is -0.839. The van der Waals surface area contributed by atoms with Gasteiger partial charge in [-0.3, -0.25) is 9.59 Å². The monoisotopic (exact) mass is 381 g/mol. The van der Waals surface area contributed by atoms with Gasteiger partial charge in [0.2, 0.25) is 15.9 Å². The molecule has 0 radical (unpaired) electrons. The van der Waals surface area contributed by atoms with Crippen LogP contribution < -0.4 is 15.4 Å². The Morgan fingerprint density at radius 1 is 1.00 bits per heavy atom. The predicted octanol–water partition coefficient (Wildman–Crippen LogP) is 1.62. The summed E-state index contributed by atoms with van der Waals surface area (Å²) in [5, 5.41) is 5.56. The molecule has 0 aromatic heterocycles. The van der Waals surface area contributed by atoms with Gasteiger partial charge in [-0.05, 0) is 55.6 Å². The molecule has 3 N–H and O–H groups in total. The third-order valence-corrected chi connectivity index (χ3v) is 4.92. The van der Waals surface area contributed by atoms with E-state index in [-0.39, 0.29) is 11.4 Å². The highest BCUT2D eigenvalue weighted by molar-refractivity contribution is 7.89. The normalized spacial score (nSPS) is 11.0. The molecule has 0 saturated heterocycles. The van der Waals surface area contributed by atoms with E-state index in [2.05, 4.69) is 15.4 Å². The Morgan fingerprint density at radius 2 is 1.60 bits per heavy atom. The van der Waals surface area contributed by atoms with Gasteiger partial charge in [0.1, 0.15) is 0 Å². The summed E-state index contributed by atoms with van der Waals surface area (Å²) in [6.07, 6.45) is 0. The summed E-state index contributed by atoms with van der Waals surface area (Å²) in [6, 6.07) is 11.9. The van der Waals surface area contributed by atoms with Crippen molar-refractivity contribution in [3.8, 4) is 0 Å². The standard InChI is InChI=1S/C16H16ClN3O4S/c1-18-25(23,24)14-8-6-13(7-9-14)20-15(21)10-19-16(22)11-2-4-12(17)5-3-11/h2-9,18H,10H2,1H3,(H,19,22)(H,20,21). The number of rotatable bonds is 6. The molecule has 7 nitrogen and oxygen atoms in total. The highest BCUT2D eigenvalue weighted by atomic mass is 35.5. The van der Waals surface area contributed by atoms with E-state index >= 15 is 0 Å². The van der Waals surface area contributed by atoms with E-state index in [1.54, 1.807) is 24.3 Å². The number of amides is 2. The lowest BCUT2D eigenvalue weighted by Crippen LogP contribution is -2.32. The molecule has 0 spiro atoms. The van der Waals surface area contributed by atoms with Gasteiger partial charge in [-0.15, -0.1) is 0 Å². The summed E-state index contributed by atoms with van der Waals surface area (Å²) >= 11 is 5.75. The molecule has 0 heterocycles. The molecule has 0 aliphatic rings. The fraction of sp³-hybridized carbons (Fsp3) is 0.125. The largest absolute Gasteiger partial charge is 0.343 e. The summed E-state index contributed by atoms with van der Waals surface area (Å²) in [7, 11) is -2.21. The van der Waals surface area contributed by atoms with Crippen LogP contribution in [0.5, 0.6) is 0 Å². The van der Waals surface area contributed by atoms with Crippen molar-refractivity contribution in [3.63, 3.8) is 0 Å². The molecule has 0 saturated carbocycles. The van der Waals surface area contributed by atoms with Crippen molar-refractivity contribution in [2.24, 2.45) is 0 Å². The maximum Gasteiger partial charge on any atom is 0.251 e. The van der Waals surface area contributed by atoms with Gasteiger partial charge in [0, 0.05) is 16.3 Å². The summed E-state index contributed by atoms with van der Waals surface area (Å²) in [6.45, 7) is -0.224. The van der Waals surface area contributed by atoms with Gasteiger partial charge < -0.3 is 10.6 Å². The van der Waals surface area contributed by atoms with Crippen LogP contribution in [-0.4, -0.2) is 33.8 Å². The number of nitrogens with one attached hydrogen (secondary N) is 3. The van der Waals surface area contributed by atoms with Gasteiger partial charge in [0.05, 0.1) is 11.4 Å². The van der Waals surface area contributed by atoms with E-state index in [4.69, 9.17) is 11.6 Å². The molecule has 0 aliphatic heterocycles. The average molecular weight is 382 g/mol. The number of anilines is 1. The average Bonchev–Trinajstić information content (AvgIpc) is 2.61. The SMILES string of the molecule is CNS(=O)(=O)c1ccc(NC(=O)CNC(=O)c2ccc(Cl)cc2)cc1. The van der Waals surface area contributed by atoms with Crippen LogP contribution in [0.1, 0.15) is 10.4 Å². The third-order valence-electron chi connectivity index (χ3n) is 3.23. The molecule has 2 amide bonds. The molecule has 25 heavy (non-hydrogen) atoms. The lowest BCUT2D eigenvalue weighted by atomic mass is 10.2. The molecule has 0 atom stereocenters. The predicted molar refractivity (Wildman–Crippen MR) is 95.1 cm³/mol. The van der Waals surface area contributed by atoms with E-state index < -0.39 is 21.8 Å². The highest BCUT2D eigenvalue weighted by Gasteiger charge is 2.12. The van der Waals surface area contributed by atoms with Crippen molar-refractivity contribution in [2.75, 3.05) is 18.9 Å². The van der Waals surface area contributed by atoms with Crippen molar-refractivity contribution >= 4 is 39.1 Å². The van der Waals surface area contributed by atoms with Crippen molar-refractivity contribution < 1.29 is 18.0 Å². The molecule has 0 bridgehead atoms. The Kier molecular flexibility index (Phi) is 6.13. The van der Waals surface area contributed by atoms with Crippen LogP contribution in [0, 0.1) is 0 Å². The molecule has 0 aliphatic carbocycles. The fourth-order valence-electron chi connectivity index (χ4n) is 1.90. The Hall–Kier alpha value is -2.42. The molecule has 0 unspecified atom stereocenters. The quantitative estimate of drug-likeness (QED) is 0.707. The second-order valence-corrected chi connectivity index (χ2v) is 7.29. The topological polar surface area (TPSA) is 104 Å². The van der Waals surface area contributed by atoms with E-state index in [0.29, 0.717) is 16.3 Å². The zero-order valence-electron chi connectivity index (χ0n) is 13.2. The highest BCUT2D eigenvalue weighted by Crippen LogP contribution is 2.13. The number of hydrogen-bond donors (Lipinski definition) is 3. The van der Waals surface area contributed by atoms with Gasteiger partial charge in [0.15, 0.2) is 0 Å². The Bertz CT molecular complexity index is 865. The number of carbonyl (C=O) groups excluding carboxylic acids is 2. The van der Waals surface area contributed by atoms with E-state index in [1.165, 1.54) is 31.3 Å². The molecule has 2 aromatic rings. The second kappa shape index (κ2) is 8.11. The van der Waals surface area contributed by atoms with E-state index in [9.17, 15) is 18.0 Å². The number of halogens is 1. The Morgan fingerprint density at radius 3 is 2.16 bits per heavy atom. The molecular weight excluding hydrogens is 366 g/mol. The van der Waals surface area contributed by atoms with Crippen LogP contribution in [0.4, 0.5) is 5.69 Å². The van der Waals surface area contributed by atoms with Crippen molar-refractivity contribution in [3.05, 3.63) is 59.1 Å². The van der Waals surface area contributed by atoms with Crippen LogP contribution in [-0.2, 0) is 14.8 Å². The Balaban J connectivity index is 1.90. The fourth-order valence-corrected chi connectivity index (χ4v) is 2.76. The zero-order chi connectivity index (χ0) is 18.4. The Labute approximate surface area is 150 Å². The van der Waals surface area contributed by atoms with Crippen molar-refractivity contribution in [2.45, 2.75) is 4.90 Å². The molecule has 2 rings (SSSR count). The number of benzene rings is 2. The number of sulfonamides is 1. The van der Waals surface area contributed by atoms with Gasteiger partial charge in [-0.2, -0.15) is 0 Å². The molecule has 2 aromatic carbocycles. The number of hydrogen-bond acceptors (Lipinski definition) is 4. The minimum absolute atomic E-state index is 0.0871. The molecule has 9 heteroatoms. The maximum atomic E-state index is 11.9. The first kappa shape index (κ1) is 18.9. The summed E-state index contributed by atoms with van der Waals surface area (Å²) in [4.78, 5) is 23.8. The van der Waals surface area contributed by atoms with Crippen LogP contribution in [0.15, 0.2) is 53.4 Å². The van der Waals surface area contributed by atoms with Crippen LogP contribution in [0.2, 0.25) is 5.02 Å². The van der Waals surface area contributed by atoms with Crippen LogP contribution in [0.3, 0.4) is 0 Å². The summed E-state index contributed by atoms with van der Waals surface area (Å²) in [5.41, 5.74) is 0.805. The smallest absolute Gasteiger partial charge is 0.251 e. The van der Waals surface area contributed by atoms with Gasteiger partial charge in [-0.25, -0.2) is 13.1 Å². The molecule has 0 fully saturated rings. The van der Waals surface area contributed by atoms with Crippen molar-refractivity contribution in [1.82, 2.24) is 10.0 Å². The lowest BCUT2D eigenvalue weighted by molar-refractivity contribution is -0.115. The lowest BCUT2D eigenvalue weighted by Gasteiger charge is -2.08. The molecular formula is C16H16ClN3O4S. The minimum Gasteiger partial charge on any atom is -0.343 e. The second-order valence-electron chi connectivity index (χ2n) is 4.97. The van der Waals surface area contributed by atoms with E-state index in [0.717, 1.165) is 0 Å². The van der Waals surface area contributed by atoms with Crippen molar-refractivity contribution in [1.29, 1.82) is 0 Å². The van der Waals surface area contributed by atoms with Gasteiger partial charge in [0.25, 0.3) is 5.91 Å². The third kappa shape index (κ3) is 5.28. The zero-order valence-corrected chi connectivity index (χ0v) is 14.8. The first-order chi connectivity index (χ1) is 11.8.